The maximum Gasteiger partial charge on any atom is 0.573 e. The minimum absolute atomic E-state index is 0.157. The van der Waals surface area contributed by atoms with Gasteiger partial charge in [0, 0.05) is 32.4 Å². The number of benzene rings is 1. The summed E-state index contributed by atoms with van der Waals surface area (Å²) in [6.07, 6.45) is -3.56. The smallest absolute Gasteiger partial charge is 0.406 e. The van der Waals surface area contributed by atoms with Gasteiger partial charge < -0.3 is 19.9 Å². The molecule has 132 valence electrons. The third-order valence-electron chi connectivity index (χ3n) is 3.56. The number of ether oxygens (including phenoxy) is 1. The molecule has 1 atom stereocenters. The Hall–Kier alpha value is -2.45. The average Bonchev–Trinajstić information content (AvgIpc) is 2.94. The summed E-state index contributed by atoms with van der Waals surface area (Å²) in [5, 5.41) is 2.50. The molecule has 2 rings (SSSR count). The van der Waals surface area contributed by atoms with Gasteiger partial charge in [0.1, 0.15) is 11.8 Å². The number of nitrogens with zero attached hydrogens (tertiary/aromatic N) is 2. The average molecular weight is 345 g/mol. The highest BCUT2D eigenvalue weighted by molar-refractivity contribution is 5.94. The molecule has 0 radical (unpaired) electrons. The fourth-order valence-corrected chi connectivity index (χ4v) is 2.53. The number of halogens is 3. The molecular weight excluding hydrogens is 327 g/mol. The lowest BCUT2D eigenvalue weighted by Gasteiger charge is -2.26. The van der Waals surface area contributed by atoms with Crippen molar-refractivity contribution < 1.29 is 27.5 Å². The summed E-state index contributed by atoms with van der Waals surface area (Å²) in [6, 6.07) is 3.90. The van der Waals surface area contributed by atoms with Crippen LogP contribution in [0.1, 0.15) is 12.8 Å². The van der Waals surface area contributed by atoms with Gasteiger partial charge in [0.25, 0.3) is 0 Å². The number of carbonyl (C=O) groups excluding carboxylic acids is 2. The first kappa shape index (κ1) is 17.9. The molecule has 1 aromatic rings. The van der Waals surface area contributed by atoms with Crippen LogP contribution in [0.4, 0.5) is 23.7 Å². The molecule has 9 heteroatoms. The molecule has 0 aliphatic carbocycles. The Kier molecular flexibility index (Phi) is 5.20. The molecule has 1 N–H and O–H groups in total. The Bertz CT molecular complexity index is 619. The minimum atomic E-state index is -4.80. The van der Waals surface area contributed by atoms with Crippen LogP contribution in [0.25, 0.3) is 0 Å². The van der Waals surface area contributed by atoms with Crippen LogP contribution in [0, 0.1) is 0 Å². The van der Waals surface area contributed by atoms with E-state index in [-0.39, 0.29) is 11.6 Å². The highest BCUT2D eigenvalue weighted by atomic mass is 19.4. The lowest BCUT2D eigenvalue weighted by molar-refractivity contribution is -0.274. The van der Waals surface area contributed by atoms with Crippen LogP contribution in [-0.2, 0) is 4.79 Å². The lowest BCUT2D eigenvalue weighted by atomic mass is 10.2. The first-order valence-electron chi connectivity index (χ1n) is 7.32. The van der Waals surface area contributed by atoms with Crippen LogP contribution in [-0.4, -0.2) is 54.8 Å². The normalized spacial score (nSPS) is 17.5. The van der Waals surface area contributed by atoms with E-state index in [9.17, 15) is 22.8 Å². The van der Waals surface area contributed by atoms with Gasteiger partial charge in [-0.2, -0.15) is 0 Å². The Morgan fingerprint density at radius 3 is 2.67 bits per heavy atom. The quantitative estimate of drug-likeness (QED) is 0.916. The third kappa shape index (κ3) is 4.53. The predicted molar refractivity (Wildman–Crippen MR) is 80.6 cm³/mol. The van der Waals surface area contributed by atoms with Crippen LogP contribution in [0.3, 0.4) is 0 Å². The number of anilines is 1. The highest BCUT2D eigenvalue weighted by Crippen LogP contribution is 2.26. The summed E-state index contributed by atoms with van der Waals surface area (Å²) in [4.78, 5) is 27.2. The van der Waals surface area contributed by atoms with Crippen LogP contribution < -0.4 is 10.1 Å². The number of alkyl halides is 3. The Labute approximate surface area is 137 Å². The van der Waals surface area contributed by atoms with E-state index in [1.54, 1.807) is 14.1 Å². The van der Waals surface area contributed by atoms with Crippen molar-refractivity contribution in [2.24, 2.45) is 0 Å². The Morgan fingerprint density at radius 1 is 1.33 bits per heavy atom. The molecule has 0 spiro atoms. The number of urea groups is 1. The van der Waals surface area contributed by atoms with E-state index in [1.807, 2.05) is 0 Å². The molecule has 0 saturated carbocycles. The minimum Gasteiger partial charge on any atom is -0.406 e. The van der Waals surface area contributed by atoms with Gasteiger partial charge in [-0.3, -0.25) is 4.79 Å². The first-order valence-corrected chi connectivity index (χ1v) is 7.32. The lowest BCUT2D eigenvalue weighted by Crippen LogP contribution is -2.47. The molecular formula is C15H18F3N3O3. The number of nitrogens with one attached hydrogen (secondary N) is 1. The molecule has 1 heterocycles. The zero-order valence-electron chi connectivity index (χ0n) is 13.3. The number of likely N-dealkylation sites (N-methyl/N-ethyl adjacent to an activating group) is 1. The number of hydrogen-bond donors (Lipinski definition) is 1. The van der Waals surface area contributed by atoms with Gasteiger partial charge in [-0.15, -0.1) is 13.2 Å². The van der Waals surface area contributed by atoms with Crippen molar-refractivity contribution >= 4 is 17.6 Å². The predicted octanol–water partition coefficient (Wildman–Crippen LogP) is 2.67. The molecule has 1 fully saturated rings. The summed E-state index contributed by atoms with van der Waals surface area (Å²) in [5.41, 5.74) is 0.157. The van der Waals surface area contributed by atoms with E-state index in [4.69, 9.17) is 0 Å². The fraction of sp³-hybridized carbons (Fsp3) is 0.467. The summed E-state index contributed by atoms with van der Waals surface area (Å²) < 4.78 is 40.5. The topological polar surface area (TPSA) is 61.9 Å². The molecule has 0 bridgehead atoms. The largest absolute Gasteiger partial charge is 0.573 e. The zero-order chi connectivity index (χ0) is 17.9. The molecule has 1 saturated heterocycles. The van der Waals surface area contributed by atoms with Gasteiger partial charge in [0.15, 0.2) is 0 Å². The standard InChI is InChI=1S/C15H18F3N3O3/c1-20(2)13(22)12-7-4-8-21(12)14(23)19-10-5-3-6-11(9-10)24-15(16,17)18/h3,5-6,9,12H,4,7-8H2,1-2H3,(H,19,23). The van der Waals surface area contributed by atoms with Crippen molar-refractivity contribution in [3.8, 4) is 5.75 Å². The van der Waals surface area contributed by atoms with Gasteiger partial charge in [-0.25, -0.2) is 4.79 Å². The Morgan fingerprint density at radius 2 is 2.04 bits per heavy atom. The van der Waals surface area contributed by atoms with Crippen LogP contribution >= 0.6 is 0 Å². The Balaban J connectivity index is 2.06. The second kappa shape index (κ2) is 6.98. The SMILES string of the molecule is CN(C)C(=O)C1CCCN1C(=O)Nc1cccc(OC(F)(F)F)c1. The number of amides is 3. The van der Waals surface area contributed by atoms with Gasteiger partial charge in [0.2, 0.25) is 5.91 Å². The van der Waals surface area contributed by atoms with Crippen LogP contribution in [0.2, 0.25) is 0 Å². The van der Waals surface area contributed by atoms with E-state index in [1.165, 1.54) is 21.9 Å². The summed E-state index contributed by atoms with van der Waals surface area (Å²) in [6.45, 7) is 0.412. The third-order valence-corrected chi connectivity index (χ3v) is 3.56. The van der Waals surface area contributed by atoms with E-state index >= 15 is 0 Å². The molecule has 6 nitrogen and oxygen atoms in total. The van der Waals surface area contributed by atoms with Gasteiger partial charge in [-0.1, -0.05) is 6.07 Å². The van der Waals surface area contributed by atoms with Crippen LogP contribution in [0.15, 0.2) is 24.3 Å². The molecule has 0 aromatic heterocycles. The van der Waals surface area contributed by atoms with Gasteiger partial charge in [-0.05, 0) is 25.0 Å². The van der Waals surface area contributed by atoms with Crippen LogP contribution in [0.5, 0.6) is 5.75 Å². The van der Waals surface area contributed by atoms with Crippen molar-refractivity contribution in [3.63, 3.8) is 0 Å². The molecule has 24 heavy (non-hydrogen) atoms. The monoisotopic (exact) mass is 345 g/mol. The second-order valence-corrected chi connectivity index (χ2v) is 5.59. The van der Waals surface area contributed by atoms with E-state index in [2.05, 4.69) is 10.1 Å². The van der Waals surface area contributed by atoms with Crippen molar-refractivity contribution in [3.05, 3.63) is 24.3 Å². The maximum atomic E-state index is 12.3. The molecule has 1 unspecified atom stereocenters. The maximum absolute atomic E-state index is 12.3. The highest BCUT2D eigenvalue weighted by Gasteiger charge is 2.35. The van der Waals surface area contributed by atoms with Gasteiger partial charge >= 0.3 is 12.4 Å². The molecule has 1 aromatic carbocycles. The van der Waals surface area contributed by atoms with E-state index < -0.39 is 24.2 Å². The number of rotatable bonds is 3. The van der Waals surface area contributed by atoms with Crippen molar-refractivity contribution in [2.45, 2.75) is 25.2 Å². The first-order chi connectivity index (χ1) is 11.2. The van der Waals surface area contributed by atoms with Gasteiger partial charge in [0.05, 0.1) is 0 Å². The van der Waals surface area contributed by atoms with E-state index in [0.29, 0.717) is 19.4 Å². The molecule has 3 amide bonds. The zero-order valence-corrected chi connectivity index (χ0v) is 13.3. The van der Waals surface area contributed by atoms with Crippen molar-refractivity contribution in [1.29, 1.82) is 0 Å². The number of hydrogen-bond acceptors (Lipinski definition) is 3. The van der Waals surface area contributed by atoms with E-state index in [0.717, 1.165) is 12.1 Å². The molecule has 1 aliphatic heterocycles. The summed E-state index contributed by atoms with van der Waals surface area (Å²) in [7, 11) is 3.21. The van der Waals surface area contributed by atoms with Crippen molar-refractivity contribution in [1.82, 2.24) is 9.80 Å². The summed E-state index contributed by atoms with van der Waals surface area (Å²) in [5.74, 6) is -0.612. The second-order valence-electron chi connectivity index (χ2n) is 5.59. The molecule has 1 aliphatic rings. The fourth-order valence-electron chi connectivity index (χ4n) is 2.53. The number of carbonyl (C=O) groups is 2. The van der Waals surface area contributed by atoms with Crippen molar-refractivity contribution in [2.75, 3.05) is 26.0 Å². The summed E-state index contributed by atoms with van der Waals surface area (Å²) >= 11 is 0. The number of likely N-dealkylation sites (tertiary alicyclic amines) is 1.